The standard InChI is InChI=1S/C16H19ClN2O2/c1-11-4-3-5-12(2)19(11)16(20)10-21-15-7-6-13(9-18)8-14(15)17/h6-8,11-12H,3-5,10H2,1-2H3/t11-,12-/m0/s1. The zero-order chi connectivity index (χ0) is 15.4. The summed E-state index contributed by atoms with van der Waals surface area (Å²) in [5.41, 5.74) is 0.469. The van der Waals surface area contributed by atoms with Gasteiger partial charge in [0.2, 0.25) is 0 Å². The average Bonchev–Trinajstić information content (AvgIpc) is 2.45. The van der Waals surface area contributed by atoms with Crippen molar-refractivity contribution in [3.63, 3.8) is 0 Å². The van der Waals surface area contributed by atoms with Gasteiger partial charge in [-0.05, 0) is 51.3 Å². The Morgan fingerprint density at radius 2 is 2.10 bits per heavy atom. The quantitative estimate of drug-likeness (QED) is 0.860. The molecule has 112 valence electrons. The second kappa shape index (κ2) is 6.82. The van der Waals surface area contributed by atoms with Gasteiger partial charge in [0.25, 0.3) is 5.91 Å². The Labute approximate surface area is 130 Å². The molecule has 0 saturated carbocycles. The van der Waals surface area contributed by atoms with Gasteiger partial charge in [0.15, 0.2) is 6.61 Å². The maximum atomic E-state index is 12.3. The van der Waals surface area contributed by atoms with Gasteiger partial charge in [-0.1, -0.05) is 11.6 Å². The molecule has 0 N–H and O–H groups in total. The summed E-state index contributed by atoms with van der Waals surface area (Å²) < 4.78 is 5.52. The highest BCUT2D eigenvalue weighted by Gasteiger charge is 2.29. The van der Waals surface area contributed by atoms with Crippen LogP contribution in [0.15, 0.2) is 18.2 Å². The van der Waals surface area contributed by atoms with Crippen molar-refractivity contribution in [3.8, 4) is 11.8 Å². The molecule has 0 spiro atoms. The molecule has 1 amide bonds. The lowest BCUT2D eigenvalue weighted by Crippen LogP contribution is -2.49. The van der Waals surface area contributed by atoms with E-state index in [1.807, 2.05) is 11.0 Å². The van der Waals surface area contributed by atoms with Gasteiger partial charge in [-0.3, -0.25) is 4.79 Å². The number of benzene rings is 1. The number of piperidine rings is 1. The zero-order valence-corrected chi connectivity index (χ0v) is 13.1. The van der Waals surface area contributed by atoms with Crippen LogP contribution in [-0.4, -0.2) is 29.5 Å². The van der Waals surface area contributed by atoms with Crippen LogP contribution in [0.2, 0.25) is 5.02 Å². The minimum absolute atomic E-state index is 0.0184. The molecule has 2 rings (SSSR count). The van der Waals surface area contributed by atoms with Crippen molar-refractivity contribution in [1.29, 1.82) is 5.26 Å². The van der Waals surface area contributed by atoms with E-state index < -0.39 is 0 Å². The lowest BCUT2D eigenvalue weighted by Gasteiger charge is -2.39. The molecular formula is C16H19ClN2O2. The molecule has 21 heavy (non-hydrogen) atoms. The lowest BCUT2D eigenvalue weighted by atomic mass is 9.97. The van der Waals surface area contributed by atoms with Gasteiger partial charge in [-0.25, -0.2) is 0 Å². The highest BCUT2D eigenvalue weighted by atomic mass is 35.5. The number of carbonyl (C=O) groups excluding carboxylic acids is 1. The maximum Gasteiger partial charge on any atom is 0.260 e. The SMILES string of the molecule is C[C@H]1CCC[C@H](C)N1C(=O)COc1ccc(C#N)cc1Cl. The summed E-state index contributed by atoms with van der Waals surface area (Å²) in [5, 5.41) is 9.14. The third-order valence-corrected chi connectivity index (χ3v) is 4.19. The summed E-state index contributed by atoms with van der Waals surface area (Å²) in [6.45, 7) is 4.12. The predicted octanol–water partition coefficient (Wildman–Crippen LogP) is 3.38. The van der Waals surface area contributed by atoms with Crippen LogP contribution in [-0.2, 0) is 4.79 Å². The number of nitriles is 1. The summed E-state index contributed by atoms with van der Waals surface area (Å²) in [7, 11) is 0. The number of hydrogen-bond donors (Lipinski definition) is 0. The first kappa shape index (κ1) is 15.7. The average molecular weight is 307 g/mol. The van der Waals surface area contributed by atoms with Gasteiger partial charge >= 0.3 is 0 Å². The van der Waals surface area contributed by atoms with Crippen molar-refractivity contribution in [2.24, 2.45) is 0 Å². The fourth-order valence-corrected chi connectivity index (χ4v) is 3.05. The first-order valence-corrected chi connectivity index (χ1v) is 7.54. The molecule has 1 aromatic rings. The molecular weight excluding hydrogens is 288 g/mol. The van der Waals surface area contributed by atoms with E-state index in [4.69, 9.17) is 21.6 Å². The number of amides is 1. The number of ether oxygens (including phenoxy) is 1. The summed E-state index contributed by atoms with van der Waals surface area (Å²) in [6.07, 6.45) is 3.23. The van der Waals surface area contributed by atoms with Crippen LogP contribution >= 0.6 is 11.6 Å². The van der Waals surface area contributed by atoms with Crippen molar-refractivity contribution in [1.82, 2.24) is 4.90 Å². The summed E-state index contributed by atoms with van der Waals surface area (Å²) >= 11 is 6.03. The Bertz CT molecular complexity index is 558. The van der Waals surface area contributed by atoms with Gasteiger partial charge in [-0.15, -0.1) is 0 Å². The van der Waals surface area contributed by atoms with Crippen LogP contribution in [0.1, 0.15) is 38.7 Å². The van der Waals surface area contributed by atoms with Crippen LogP contribution in [0.4, 0.5) is 0 Å². The Hall–Kier alpha value is -1.73. The number of carbonyl (C=O) groups is 1. The molecule has 1 fully saturated rings. The van der Waals surface area contributed by atoms with Crippen molar-refractivity contribution in [3.05, 3.63) is 28.8 Å². The van der Waals surface area contributed by atoms with E-state index in [-0.39, 0.29) is 24.6 Å². The molecule has 0 bridgehead atoms. The minimum atomic E-state index is -0.0275. The van der Waals surface area contributed by atoms with Gasteiger partial charge in [0.05, 0.1) is 16.7 Å². The smallest absolute Gasteiger partial charge is 0.260 e. The highest BCUT2D eigenvalue weighted by Crippen LogP contribution is 2.26. The molecule has 1 aliphatic rings. The highest BCUT2D eigenvalue weighted by molar-refractivity contribution is 6.32. The van der Waals surface area contributed by atoms with Gasteiger partial charge in [0.1, 0.15) is 5.75 Å². The monoisotopic (exact) mass is 306 g/mol. The van der Waals surface area contributed by atoms with E-state index in [2.05, 4.69) is 13.8 Å². The largest absolute Gasteiger partial charge is 0.482 e. The van der Waals surface area contributed by atoms with E-state index in [9.17, 15) is 4.79 Å². The lowest BCUT2D eigenvalue weighted by molar-refractivity contribution is -0.139. The maximum absolute atomic E-state index is 12.3. The van der Waals surface area contributed by atoms with Crippen molar-refractivity contribution in [2.75, 3.05) is 6.61 Å². The van der Waals surface area contributed by atoms with E-state index >= 15 is 0 Å². The van der Waals surface area contributed by atoms with Crippen molar-refractivity contribution < 1.29 is 9.53 Å². The van der Waals surface area contributed by atoms with Crippen LogP contribution in [0.5, 0.6) is 5.75 Å². The second-order valence-corrected chi connectivity index (χ2v) is 5.88. The molecule has 1 aromatic carbocycles. The van der Waals surface area contributed by atoms with Crippen LogP contribution < -0.4 is 4.74 Å². The fraction of sp³-hybridized carbons (Fsp3) is 0.500. The molecule has 0 unspecified atom stereocenters. The Kier molecular flexibility index (Phi) is 5.08. The molecule has 1 heterocycles. The molecule has 5 heteroatoms. The molecule has 2 atom stereocenters. The van der Waals surface area contributed by atoms with Gasteiger partial charge in [-0.2, -0.15) is 5.26 Å². The molecule has 1 aliphatic heterocycles. The summed E-state index contributed by atoms with van der Waals surface area (Å²) in [5.74, 6) is 0.413. The van der Waals surface area contributed by atoms with E-state index in [0.29, 0.717) is 16.3 Å². The van der Waals surface area contributed by atoms with E-state index in [0.717, 1.165) is 19.3 Å². The first-order chi connectivity index (χ1) is 10.0. The van der Waals surface area contributed by atoms with Crippen LogP contribution in [0.25, 0.3) is 0 Å². The topological polar surface area (TPSA) is 53.3 Å². The van der Waals surface area contributed by atoms with Gasteiger partial charge in [0, 0.05) is 12.1 Å². The fourth-order valence-electron chi connectivity index (χ4n) is 2.81. The Morgan fingerprint density at radius 1 is 1.43 bits per heavy atom. The van der Waals surface area contributed by atoms with Crippen LogP contribution in [0.3, 0.4) is 0 Å². The van der Waals surface area contributed by atoms with Crippen LogP contribution in [0, 0.1) is 11.3 Å². The number of rotatable bonds is 3. The Balaban J connectivity index is 1.99. The molecule has 0 aromatic heterocycles. The Morgan fingerprint density at radius 3 is 2.67 bits per heavy atom. The van der Waals surface area contributed by atoms with E-state index in [1.54, 1.807) is 12.1 Å². The minimum Gasteiger partial charge on any atom is -0.482 e. The zero-order valence-electron chi connectivity index (χ0n) is 12.3. The third kappa shape index (κ3) is 3.68. The van der Waals surface area contributed by atoms with Crippen molar-refractivity contribution >= 4 is 17.5 Å². The number of nitrogens with zero attached hydrogens (tertiary/aromatic N) is 2. The molecule has 1 saturated heterocycles. The third-order valence-electron chi connectivity index (χ3n) is 3.89. The molecule has 0 radical (unpaired) electrons. The van der Waals surface area contributed by atoms with E-state index in [1.165, 1.54) is 6.07 Å². The summed E-state index contributed by atoms with van der Waals surface area (Å²) in [4.78, 5) is 14.2. The normalized spacial score (nSPS) is 21.7. The predicted molar refractivity (Wildman–Crippen MR) is 81.3 cm³/mol. The number of hydrogen-bond acceptors (Lipinski definition) is 3. The first-order valence-electron chi connectivity index (χ1n) is 7.16. The summed E-state index contributed by atoms with van der Waals surface area (Å²) in [6, 6.07) is 7.29. The van der Waals surface area contributed by atoms with Crippen molar-refractivity contribution in [2.45, 2.75) is 45.2 Å². The molecule has 4 nitrogen and oxygen atoms in total. The number of likely N-dealkylation sites (tertiary alicyclic amines) is 1. The second-order valence-electron chi connectivity index (χ2n) is 5.48. The van der Waals surface area contributed by atoms with Gasteiger partial charge < -0.3 is 9.64 Å². The molecule has 0 aliphatic carbocycles. The number of halogens is 1.